The van der Waals surface area contributed by atoms with Crippen molar-refractivity contribution in [2.45, 2.75) is 47.1 Å². The highest BCUT2D eigenvalue weighted by atomic mass is 79.9. The molecule has 124 valence electrons. The van der Waals surface area contributed by atoms with Gasteiger partial charge in [0.15, 0.2) is 0 Å². The second-order valence-electron chi connectivity index (χ2n) is 7.64. The molecule has 5 heteroatoms. The molecule has 0 aromatic heterocycles. The molecule has 1 aromatic carbocycles. The van der Waals surface area contributed by atoms with Crippen molar-refractivity contribution < 1.29 is 14.6 Å². The Bertz CT molecular complexity index is 530. The number of hydrogen-bond acceptors (Lipinski definition) is 4. The molecule has 0 saturated heterocycles. The fourth-order valence-corrected chi connectivity index (χ4v) is 2.44. The maximum atomic E-state index is 12.2. The van der Waals surface area contributed by atoms with Gasteiger partial charge in [0, 0.05) is 11.0 Å². The highest BCUT2D eigenvalue weighted by Gasteiger charge is 2.24. The Labute approximate surface area is 141 Å². The monoisotopic (exact) mass is 371 g/mol. The molecule has 0 spiro atoms. The van der Waals surface area contributed by atoms with Gasteiger partial charge in [-0.1, -0.05) is 36.7 Å². The number of esters is 1. The molecule has 0 saturated carbocycles. The number of aromatic hydroxyl groups is 1. The predicted octanol–water partition coefficient (Wildman–Crippen LogP) is 4.35. The summed E-state index contributed by atoms with van der Waals surface area (Å²) in [7, 11) is 0. The van der Waals surface area contributed by atoms with Crippen LogP contribution in [-0.4, -0.2) is 29.8 Å². The Kier molecular flexibility index (Phi) is 5.90. The van der Waals surface area contributed by atoms with Crippen LogP contribution in [-0.2, 0) is 9.53 Å². The Morgan fingerprint density at radius 2 is 1.82 bits per heavy atom. The first-order chi connectivity index (χ1) is 9.87. The quantitative estimate of drug-likeness (QED) is 0.799. The summed E-state index contributed by atoms with van der Waals surface area (Å²) in [5.41, 5.74) is 0.0808. The molecule has 0 radical (unpaired) electrons. The van der Waals surface area contributed by atoms with Gasteiger partial charge in [0.1, 0.15) is 17.9 Å². The molecule has 0 aliphatic carbocycles. The molecule has 0 amide bonds. The van der Waals surface area contributed by atoms with E-state index < -0.39 is 5.60 Å². The van der Waals surface area contributed by atoms with Gasteiger partial charge in [0.25, 0.3) is 0 Å². The van der Waals surface area contributed by atoms with Crippen LogP contribution in [0.15, 0.2) is 22.7 Å². The van der Waals surface area contributed by atoms with Crippen LogP contribution in [0.2, 0.25) is 0 Å². The summed E-state index contributed by atoms with van der Waals surface area (Å²) >= 11 is 3.33. The number of phenolic OH excluding ortho intramolecular Hbond substituents is 1. The van der Waals surface area contributed by atoms with Gasteiger partial charge in [-0.05, 0) is 44.4 Å². The molecule has 0 fully saturated rings. The van der Waals surface area contributed by atoms with Crippen LogP contribution in [0.4, 0.5) is 5.69 Å². The van der Waals surface area contributed by atoms with Crippen molar-refractivity contribution in [2.75, 3.05) is 18.0 Å². The summed E-state index contributed by atoms with van der Waals surface area (Å²) in [6.45, 7) is 12.5. The third-order valence-electron chi connectivity index (χ3n) is 2.68. The molecule has 22 heavy (non-hydrogen) atoms. The van der Waals surface area contributed by atoms with Gasteiger partial charge < -0.3 is 14.7 Å². The normalized spacial score (nSPS) is 12.1. The minimum atomic E-state index is -0.522. The maximum absolute atomic E-state index is 12.2. The van der Waals surface area contributed by atoms with Gasteiger partial charge in [0.05, 0.1) is 5.69 Å². The van der Waals surface area contributed by atoms with Crippen molar-refractivity contribution >= 4 is 27.6 Å². The van der Waals surface area contributed by atoms with Gasteiger partial charge in [0.2, 0.25) is 0 Å². The van der Waals surface area contributed by atoms with Gasteiger partial charge in [-0.3, -0.25) is 4.79 Å². The number of nitrogens with zero attached hydrogens (tertiary/aromatic N) is 1. The van der Waals surface area contributed by atoms with Crippen molar-refractivity contribution in [3.05, 3.63) is 22.7 Å². The lowest BCUT2D eigenvalue weighted by Gasteiger charge is -2.32. The second-order valence-corrected chi connectivity index (χ2v) is 8.55. The SMILES string of the molecule is CC(C)(C)CN(CC(=O)OC(C)(C)C)c1ccc(Br)cc1O. The third kappa shape index (κ3) is 6.69. The maximum Gasteiger partial charge on any atom is 0.326 e. The van der Waals surface area contributed by atoms with Gasteiger partial charge in [-0.25, -0.2) is 0 Å². The van der Waals surface area contributed by atoms with Crippen LogP contribution in [0.5, 0.6) is 5.75 Å². The van der Waals surface area contributed by atoms with Crippen LogP contribution in [0, 0.1) is 5.41 Å². The van der Waals surface area contributed by atoms with E-state index in [0.717, 1.165) is 4.47 Å². The van der Waals surface area contributed by atoms with Crippen molar-refractivity contribution in [2.24, 2.45) is 5.41 Å². The zero-order valence-corrected chi connectivity index (χ0v) is 15.8. The first-order valence-electron chi connectivity index (χ1n) is 7.33. The summed E-state index contributed by atoms with van der Waals surface area (Å²) in [5, 5.41) is 10.2. The molecule has 0 bridgehead atoms. The van der Waals surface area contributed by atoms with E-state index in [2.05, 4.69) is 36.7 Å². The van der Waals surface area contributed by atoms with Crippen LogP contribution >= 0.6 is 15.9 Å². The fraction of sp³-hybridized carbons (Fsp3) is 0.588. The zero-order valence-electron chi connectivity index (χ0n) is 14.2. The number of rotatable bonds is 4. The van der Waals surface area contributed by atoms with Crippen LogP contribution in [0.3, 0.4) is 0 Å². The Balaban J connectivity index is 3.01. The zero-order chi connectivity index (χ0) is 17.1. The number of carbonyl (C=O) groups is 1. The van der Waals surface area contributed by atoms with Crippen molar-refractivity contribution in [3.8, 4) is 5.75 Å². The molecule has 0 aliphatic rings. The number of ether oxygens (including phenoxy) is 1. The molecular weight excluding hydrogens is 346 g/mol. The summed E-state index contributed by atoms with van der Waals surface area (Å²) in [6, 6.07) is 5.27. The number of hydrogen-bond donors (Lipinski definition) is 1. The Hall–Kier alpha value is -1.23. The first kappa shape index (κ1) is 18.8. The summed E-state index contributed by atoms with van der Waals surface area (Å²) < 4.78 is 6.19. The van der Waals surface area contributed by atoms with Crippen LogP contribution < -0.4 is 4.90 Å². The van der Waals surface area contributed by atoms with E-state index in [1.807, 2.05) is 31.7 Å². The van der Waals surface area contributed by atoms with E-state index in [1.54, 1.807) is 12.1 Å². The molecule has 1 aromatic rings. The first-order valence-corrected chi connectivity index (χ1v) is 8.12. The number of carbonyl (C=O) groups excluding carboxylic acids is 1. The summed E-state index contributed by atoms with van der Waals surface area (Å²) in [6.07, 6.45) is 0. The van der Waals surface area contributed by atoms with E-state index >= 15 is 0 Å². The fourth-order valence-electron chi connectivity index (χ4n) is 2.09. The third-order valence-corrected chi connectivity index (χ3v) is 3.18. The van der Waals surface area contributed by atoms with Crippen molar-refractivity contribution in [1.82, 2.24) is 0 Å². The molecule has 0 unspecified atom stereocenters. The van der Waals surface area contributed by atoms with E-state index in [-0.39, 0.29) is 23.7 Å². The van der Waals surface area contributed by atoms with Crippen molar-refractivity contribution in [3.63, 3.8) is 0 Å². The number of halogens is 1. The predicted molar refractivity (Wildman–Crippen MR) is 93.3 cm³/mol. The van der Waals surface area contributed by atoms with Gasteiger partial charge >= 0.3 is 5.97 Å². The summed E-state index contributed by atoms with van der Waals surface area (Å²) in [5.74, 6) is -0.166. The molecule has 4 nitrogen and oxygen atoms in total. The second kappa shape index (κ2) is 6.90. The van der Waals surface area contributed by atoms with Gasteiger partial charge in [-0.15, -0.1) is 0 Å². The van der Waals surface area contributed by atoms with Crippen LogP contribution in [0.25, 0.3) is 0 Å². The summed E-state index contributed by atoms with van der Waals surface area (Å²) in [4.78, 5) is 14.0. The molecule has 0 atom stereocenters. The number of phenols is 1. The minimum Gasteiger partial charge on any atom is -0.506 e. The lowest BCUT2D eigenvalue weighted by Crippen LogP contribution is -2.39. The Morgan fingerprint density at radius 1 is 1.23 bits per heavy atom. The topological polar surface area (TPSA) is 49.8 Å². The highest BCUT2D eigenvalue weighted by Crippen LogP contribution is 2.32. The number of anilines is 1. The van der Waals surface area contributed by atoms with Gasteiger partial charge in [-0.2, -0.15) is 0 Å². The van der Waals surface area contributed by atoms with E-state index in [9.17, 15) is 9.90 Å². The van der Waals surface area contributed by atoms with Crippen LogP contribution in [0.1, 0.15) is 41.5 Å². The molecule has 1 N–H and O–H groups in total. The van der Waals surface area contributed by atoms with Crippen molar-refractivity contribution in [1.29, 1.82) is 0 Å². The molecule has 0 aliphatic heterocycles. The number of benzene rings is 1. The lowest BCUT2D eigenvalue weighted by atomic mass is 9.95. The highest BCUT2D eigenvalue weighted by molar-refractivity contribution is 9.10. The molecule has 1 rings (SSSR count). The smallest absolute Gasteiger partial charge is 0.326 e. The standard InChI is InChI=1S/C17H26BrNO3/c1-16(2,3)11-19(10-15(21)22-17(4,5)6)13-8-7-12(18)9-14(13)20/h7-9,20H,10-11H2,1-6H3. The van der Waals surface area contributed by atoms with E-state index in [0.29, 0.717) is 12.2 Å². The molecular formula is C17H26BrNO3. The van der Waals surface area contributed by atoms with E-state index in [1.165, 1.54) is 0 Å². The minimum absolute atomic E-state index is 0.0263. The lowest BCUT2D eigenvalue weighted by molar-refractivity contribution is -0.153. The Morgan fingerprint density at radius 3 is 2.27 bits per heavy atom. The average Bonchev–Trinajstić information content (AvgIpc) is 2.22. The average molecular weight is 372 g/mol. The molecule has 0 heterocycles. The largest absolute Gasteiger partial charge is 0.506 e. The van der Waals surface area contributed by atoms with E-state index in [4.69, 9.17) is 4.74 Å².